The molecule has 0 unspecified atom stereocenters. The predicted octanol–water partition coefficient (Wildman–Crippen LogP) is 0.586. The van der Waals surface area contributed by atoms with Gasteiger partial charge in [0.15, 0.2) is 5.82 Å². The first kappa shape index (κ1) is 11.6. The lowest BCUT2D eigenvalue weighted by Gasteiger charge is -1.96. The van der Waals surface area contributed by atoms with E-state index in [1.54, 1.807) is 0 Å². The van der Waals surface area contributed by atoms with Crippen LogP contribution in [0.4, 0.5) is 0 Å². The number of carboxylic acid groups (broad SMARTS) is 1. The Hall–Kier alpha value is -1.43. The fourth-order valence-electron chi connectivity index (χ4n) is 1.07. The van der Waals surface area contributed by atoms with Crippen LogP contribution in [0.25, 0.3) is 0 Å². The van der Waals surface area contributed by atoms with Gasteiger partial charge < -0.3 is 14.9 Å². The van der Waals surface area contributed by atoms with Crippen molar-refractivity contribution >= 4 is 5.97 Å². The van der Waals surface area contributed by atoms with E-state index in [2.05, 4.69) is 15.5 Å². The van der Waals surface area contributed by atoms with E-state index in [1.807, 2.05) is 6.92 Å². The van der Waals surface area contributed by atoms with Gasteiger partial charge in [-0.05, 0) is 6.42 Å². The van der Waals surface area contributed by atoms with Crippen molar-refractivity contribution in [1.82, 2.24) is 15.5 Å². The molecule has 15 heavy (non-hydrogen) atoms. The molecule has 0 aliphatic heterocycles. The van der Waals surface area contributed by atoms with Crippen LogP contribution < -0.4 is 5.32 Å². The average molecular weight is 213 g/mol. The molecule has 1 heterocycles. The Morgan fingerprint density at radius 3 is 3.07 bits per heavy atom. The van der Waals surface area contributed by atoms with Crippen molar-refractivity contribution in [3.63, 3.8) is 0 Å². The number of hydrogen-bond acceptors (Lipinski definition) is 5. The molecule has 1 aromatic heterocycles. The van der Waals surface area contributed by atoms with Gasteiger partial charge in [0.05, 0.1) is 13.0 Å². The minimum absolute atomic E-state index is 0.0969. The summed E-state index contributed by atoms with van der Waals surface area (Å²) in [5.74, 6) is 0.388. The number of aliphatic carboxylic acids is 1. The number of carbonyl (C=O) groups is 1. The van der Waals surface area contributed by atoms with Crippen LogP contribution in [-0.4, -0.2) is 27.8 Å². The highest BCUT2D eigenvalue weighted by atomic mass is 16.5. The molecule has 0 saturated heterocycles. The van der Waals surface area contributed by atoms with Crippen molar-refractivity contribution in [3.8, 4) is 0 Å². The normalized spacial score (nSPS) is 10.5. The molecular weight excluding hydrogens is 198 g/mol. The number of aromatic nitrogens is 2. The van der Waals surface area contributed by atoms with E-state index in [1.165, 1.54) is 0 Å². The molecule has 0 radical (unpaired) electrons. The summed E-state index contributed by atoms with van der Waals surface area (Å²) in [6.07, 6.45) is 1.84. The summed E-state index contributed by atoms with van der Waals surface area (Å²) >= 11 is 0. The van der Waals surface area contributed by atoms with Crippen LogP contribution in [0.5, 0.6) is 0 Å². The van der Waals surface area contributed by atoms with Crippen molar-refractivity contribution in [2.45, 2.75) is 32.7 Å². The van der Waals surface area contributed by atoms with E-state index in [-0.39, 0.29) is 6.42 Å². The SMILES string of the molecule is CCCc1nc(CNCCC(=O)O)no1. The first-order chi connectivity index (χ1) is 7.22. The molecule has 0 spiro atoms. The first-order valence-corrected chi connectivity index (χ1v) is 4.96. The first-order valence-electron chi connectivity index (χ1n) is 4.96. The number of rotatable bonds is 7. The lowest BCUT2D eigenvalue weighted by molar-refractivity contribution is -0.136. The number of aryl methyl sites for hydroxylation is 1. The Morgan fingerprint density at radius 2 is 2.40 bits per heavy atom. The predicted molar refractivity (Wildman–Crippen MR) is 52.3 cm³/mol. The van der Waals surface area contributed by atoms with E-state index >= 15 is 0 Å². The van der Waals surface area contributed by atoms with Crippen molar-refractivity contribution in [2.24, 2.45) is 0 Å². The summed E-state index contributed by atoms with van der Waals surface area (Å²) in [6, 6.07) is 0. The molecule has 6 nitrogen and oxygen atoms in total. The molecule has 0 aliphatic rings. The topological polar surface area (TPSA) is 88.2 Å². The molecule has 84 valence electrons. The number of nitrogens with one attached hydrogen (secondary N) is 1. The zero-order valence-corrected chi connectivity index (χ0v) is 8.69. The third-order valence-electron chi connectivity index (χ3n) is 1.77. The van der Waals surface area contributed by atoms with Crippen LogP contribution in [0.15, 0.2) is 4.52 Å². The highest BCUT2D eigenvalue weighted by molar-refractivity contribution is 5.66. The highest BCUT2D eigenvalue weighted by Crippen LogP contribution is 1.99. The zero-order valence-electron chi connectivity index (χ0n) is 8.69. The second-order valence-corrected chi connectivity index (χ2v) is 3.17. The largest absolute Gasteiger partial charge is 0.481 e. The summed E-state index contributed by atoms with van der Waals surface area (Å²) in [5.41, 5.74) is 0. The lowest BCUT2D eigenvalue weighted by atomic mass is 10.3. The van der Waals surface area contributed by atoms with E-state index in [0.717, 1.165) is 12.8 Å². The van der Waals surface area contributed by atoms with Gasteiger partial charge in [0, 0.05) is 13.0 Å². The Balaban J connectivity index is 2.22. The standard InChI is InChI=1S/C9H15N3O3/c1-2-3-8-11-7(12-15-8)6-10-5-4-9(13)14/h10H,2-6H2,1H3,(H,13,14). The van der Waals surface area contributed by atoms with Gasteiger partial charge in [0.25, 0.3) is 0 Å². The molecular formula is C9H15N3O3. The van der Waals surface area contributed by atoms with Crippen LogP contribution in [0, 0.1) is 0 Å². The number of carboxylic acids is 1. The molecule has 0 atom stereocenters. The number of nitrogens with zero attached hydrogens (tertiary/aromatic N) is 2. The van der Waals surface area contributed by atoms with E-state index in [0.29, 0.717) is 24.8 Å². The van der Waals surface area contributed by atoms with Gasteiger partial charge >= 0.3 is 5.97 Å². The number of hydrogen-bond donors (Lipinski definition) is 2. The monoisotopic (exact) mass is 213 g/mol. The minimum Gasteiger partial charge on any atom is -0.481 e. The van der Waals surface area contributed by atoms with Gasteiger partial charge in [0.2, 0.25) is 5.89 Å². The minimum atomic E-state index is -0.817. The second kappa shape index (κ2) is 6.13. The van der Waals surface area contributed by atoms with Gasteiger partial charge in [-0.2, -0.15) is 4.98 Å². The Kier molecular flexibility index (Phi) is 4.76. The average Bonchev–Trinajstić information content (AvgIpc) is 2.61. The van der Waals surface area contributed by atoms with Crippen LogP contribution in [0.1, 0.15) is 31.5 Å². The molecule has 0 saturated carbocycles. The van der Waals surface area contributed by atoms with Crippen LogP contribution in [-0.2, 0) is 17.8 Å². The van der Waals surface area contributed by atoms with Crippen LogP contribution >= 0.6 is 0 Å². The third kappa shape index (κ3) is 4.55. The van der Waals surface area contributed by atoms with E-state index in [9.17, 15) is 4.79 Å². The van der Waals surface area contributed by atoms with Gasteiger partial charge in [-0.25, -0.2) is 0 Å². The molecule has 1 aromatic rings. The Labute approximate surface area is 87.7 Å². The molecule has 1 rings (SSSR count). The molecule has 0 bridgehead atoms. The molecule has 0 fully saturated rings. The summed E-state index contributed by atoms with van der Waals surface area (Å²) in [5, 5.41) is 15.1. The van der Waals surface area contributed by atoms with Crippen molar-refractivity contribution < 1.29 is 14.4 Å². The summed E-state index contributed by atoms with van der Waals surface area (Å²) in [6.45, 7) is 2.89. The summed E-state index contributed by atoms with van der Waals surface area (Å²) < 4.78 is 4.97. The molecule has 0 aliphatic carbocycles. The fraction of sp³-hybridized carbons (Fsp3) is 0.667. The van der Waals surface area contributed by atoms with Crippen LogP contribution in [0.3, 0.4) is 0 Å². The van der Waals surface area contributed by atoms with Crippen molar-refractivity contribution in [3.05, 3.63) is 11.7 Å². The lowest BCUT2D eigenvalue weighted by Crippen LogP contribution is -2.18. The van der Waals surface area contributed by atoms with Gasteiger partial charge in [-0.1, -0.05) is 12.1 Å². The third-order valence-corrected chi connectivity index (χ3v) is 1.77. The highest BCUT2D eigenvalue weighted by Gasteiger charge is 2.04. The van der Waals surface area contributed by atoms with Crippen molar-refractivity contribution in [1.29, 1.82) is 0 Å². The molecule has 0 amide bonds. The Bertz CT molecular complexity index is 311. The zero-order chi connectivity index (χ0) is 11.1. The maximum atomic E-state index is 10.2. The molecule has 6 heteroatoms. The van der Waals surface area contributed by atoms with Crippen LogP contribution in [0.2, 0.25) is 0 Å². The maximum Gasteiger partial charge on any atom is 0.304 e. The summed E-state index contributed by atoms with van der Waals surface area (Å²) in [4.78, 5) is 14.3. The van der Waals surface area contributed by atoms with E-state index < -0.39 is 5.97 Å². The van der Waals surface area contributed by atoms with Gasteiger partial charge in [-0.3, -0.25) is 4.79 Å². The second-order valence-electron chi connectivity index (χ2n) is 3.17. The maximum absolute atomic E-state index is 10.2. The molecule has 2 N–H and O–H groups in total. The summed E-state index contributed by atoms with van der Waals surface area (Å²) in [7, 11) is 0. The van der Waals surface area contributed by atoms with Gasteiger partial charge in [-0.15, -0.1) is 0 Å². The molecule has 0 aromatic carbocycles. The quantitative estimate of drug-likeness (QED) is 0.644. The van der Waals surface area contributed by atoms with Crippen molar-refractivity contribution in [2.75, 3.05) is 6.54 Å². The van der Waals surface area contributed by atoms with Gasteiger partial charge in [0.1, 0.15) is 0 Å². The fourth-order valence-corrected chi connectivity index (χ4v) is 1.07. The van der Waals surface area contributed by atoms with E-state index in [4.69, 9.17) is 9.63 Å². The Morgan fingerprint density at radius 1 is 1.60 bits per heavy atom. The smallest absolute Gasteiger partial charge is 0.304 e.